The number of benzene rings is 1. The van der Waals surface area contributed by atoms with Crippen LogP contribution in [0.4, 0.5) is 0 Å². The molecule has 0 aromatic heterocycles. The van der Waals surface area contributed by atoms with Gasteiger partial charge < -0.3 is 15.2 Å². The molecule has 0 radical (unpaired) electrons. The quantitative estimate of drug-likeness (QED) is 0.645. The summed E-state index contributed by atoms with van der Waals surface area (Å²) >= 11 is 0. The fraction of sp³-hybridized carbons (Fsp3) is 0.250. The summed E-state index contributed by atoms with van der Waals surface area (Å²) in [4.78, 5) is 10.3. The first kappa shape index (κ1) is 12.7. The van der Waals surface area contributed by atoms with Crippen molar-refractivity contribution in [3.05, 3.63) is 45.3 Å². The molecule has 0 spiro atoms. The van der Waals surface area contributed by atoms with E-state index in [-0.39, 0.29) is 11.5 Å². The van der Waals surface area contributed by atoms with Crippen LogP contribution >= 0.6 is 0 Å². The molecular formula is C12H11N3O4. The number of ether oxygens (including phenoxy) is 2. The summed E-state index contributed by atoms with van der Waals surface area (Å²) in [7, 11) is 1.49. The number of methoxy groups -OCH3 is 1. The summed E-state index contributed by atoms with van der Waals surface area (Å²) in [5, 5.41) is 19.8. The van der Waals surface area contributed by atoms with Gasteiger partial charge in [-0.3, -0.25) is 10.1 Å². The number of fused-ring (bicyclic) bond motifs is 1. The number of nitrogens with two attached hydrogens (primary N) is 1. The molecule has 2 rings (SSSR count). The Bertz CT molecular complexity index is 603. The predicted molar refractivity (Wildman–Crippen MR) is 65.1 cm³/mol. The topological polar surface area (TPSA) is 111 Å². The third-order valence-electron chi connectivity index (χ3n) is 2.88. The van der Waals surface area contributed by atoms with Gasteiger partial charge in [0.1, 0.15) is 23.1 Å². The van der Waals surface area contributed by atoms with Gasteiger partial charge in [0, 0.05) is 10.5 Å². The molecule has 1 atom stereocenters. The molecular weight excluding hydrogens is 250 g/mol. The lowest BCUT2D eigenvalue weighted by atomic mass is 9.89. The number of rotatable bonds is 3. The van der Waals surface area contributed by atoms with Gasteiger partial charge in [0.15, 0.2) is 0 Å². The molecule has 0 saturated heterocycles. The number of nitriles is 1. The fourth-order valence-electron chi connectivity index (χ4n) is 1.99. The molecule has 2 N–H and O–H groups in total. The standard InChI is InChI=1S/C12H11N3O4/c1-18-7-2-3-11-8(4-7)10(6-15(16)17)9(5-13)12(14)19-11/h2-4,10H,6,14H2,1H3/t10-/m0/s1. The van der Waals surface area contributed by atoms with Crippen LogP contribution in [0.2, 0.25) is 0 Å². The zero-order valence-corrected chi connectivity index (χ0v) is 10.1. The van der Waals surface area contributed by atoms with Gasteiger partial charge in [0.25, 0.3) is 0 Å². The van der Waals surface area contributed by atoms with Crippen LogP contribution in [0.15, 0.2) is 29.7 Å². The smallest absolute Gasteiger partial charge is 0.215 e. The van der Waals surface area contributed by atoms with Crippen molar-refractivity contribution >= 4 is 0 Å². The van der Waals surface area contributed by atoms with Gasteiger partial charge in [-0.1, -0.05) is 0 Å². The molecule has 0 amide bonds. The highest BCUT2D eigenvalue weighted by atomic mass is 16.6. The van der Waals surface area contributed by atoms with E-state index in [1.807, 2.05) is 6.07 Å². The molecule has 0 unspecified atom stereocenters. The van der Waals surface area contributed by atoms with Crippen LogP contribution < -0.4 is 15.2 Å². The van der Waals surface area contributed by atoms with Gasteiger partial charge >= 0.3 is 0 Å². The minimum atomic E-state index is -0.723. The number of nitro groups is 1. The van der Waals surface area contributed by atoms with Crippen LogP contribution in [-0.4, -0.2) is 18.6 Å². The first-order chi connectivity index (χ1) is 9.06. The van der Waals surface area contributed by atoms with Crippen molar-refractivity contribution in [2.45, 2.75) is 5.92 Å². The molecule has 1 heterocycles. The average Bonchev–Trinajstić information content (AvgIpc) is 2.38. The van der Waals surface area contributed by atoms with E-state index in [0.717, 1.165) is 0 Å². The van der Waals surface area contributed by atoms with E-state index in [2.05, 4.69) is 0 Å². The van der Waals surface area contributed by atoms with Crippen molar-refractivity contribution in [1.82, 2.24) is 0 Å². The summed E-state index contributed by atoms with van der Waals surface area (Å²) < 4.78 is 10.4. The van der Waals surface area contributed by atoms with Gasteiger partial charge in [-0.05, 0) is 18.2 Å². The predicted octanol–water partition coefficient (Wildman–Crippen LogP) is 1.14. The van der Waals surface area contributed by atoms with Crippen molar-refractivity contribution in [1.29, 1.82) is 5.26 Å². The lowest BCUT2D eigenvalue weighted by Crippen LogP contribution is -2.24. The van der Waals surface area contributed by atoms with Gasteiger partial charge in [-0.2, -0.15) is 5.26 Å². The van der Waals surface area contributed by atoms with Crippen molar-refractivity contribution in [2.24, 2.45) is 5.73 Å². The van der Waals surface area contributed by atoms with E-state index in [1.165, 1.54) is 7.11 Å². The Morgan fingerprint density at radius 3 is 2.95 bits per heavy atom. The number of nitrogens with zero attached hydrogens (tertiary/aromatic N) is 2. The van der Waals surface area contributed by atoms with Crippen LogP contribution in [-0.2, 0) is 0 Å². The van der Waals surface area contributed by atoms with Crippen molar-refractivity contribution in [2.75, 3.05) is 13.7 Å². The first-order valence-corrected chi connectivity index (χ1v) is 5.44. The van der Waals surface area contributed by atoms with Gasteiger partial charge in [-0.15, -0.1) is 0 Å². The third-order valence-corrected chi connectivity index (χ3v) is 2.88. The second-order valence-corrected chi connectivity index (χ2v) is 3.96. The Labute approximate surface area is 109 Å². The zero-order chi connectivity index (χ0) is 14.0. The summed E-state index contributed by atoms with van der Waals surface area (Å²) in [6.45, 7) is -0.423. The SMILES string of the molecule is COc1ccc2c(c1)[C@H](C[N+](=O)[O-])C(C#N)=C(N)O2. The highest BCUT2D eigenvalue weighted by molar-refractivity contribution is 5.52. The van der Waals surface area contributed by atoms with Gasteiger partial charge in [-0.25, -0.2) is 0 Å². The minimum absolute atomic E-state index is 0.0671. The maximum Gasteiger partial charge on any atom is 0.215 e. The second-order valence-electron chi connectivity index (χ2n) is 3.96. The number of hydrogen-bond acceptors (Lipinski definition) is 6. The van der Waals surface area contributed by atoms with Gasteiger partial charge in [0.2, 0.25) is 12.4 Å². The second kappa shape index (κ2) is 4.86. The first-order valence-electron chi connectivity index (χ1n) is 5.44. The Morgan fingerprint density at radius 2 is 2.37 bits per heavy atom. The van der Waals surface area contributed by atoms with E-state index < -0.39 is 17.4 Å². The van der Waals surface area contributed by atoms with E-state index >= 15 is 0 Å². The van der Waals surface area contributed by atoms with Gasteiger partial charge in [0.05, 0.1) is 13.0 Å². The van der Waals surface area contributed by atoms with E-state index in [9.17, 15) is 10.1 Å². The highest BCUT2D eigenvalue weighted by Crippen LogP contribution is 2.39. The molecule has 98 valence electrons. The van der Waals surface area contributed by atoms with E-state index in [1.54, 1.807) is 18.2 Å². The molecule has 1 aliphatic rings. The molecule has 1 aliphatic heterocycles. The molecule has 1 aromatic carbocycles. The molecule has 0 fully saturated rings. The van der Waals surface area contributed by atoms with Crippen molar-refractivity contribution in [3.8, 4) is 17.6 Å². The van der Waals surface area contributed by atoms with Crippen LogP contribution in [0.3, 0.4) is 0 Å². The summed E-state index contributed by atoms with van der Waals surface area (Å²) in [5.74, 6) is 0.128. The third kappa shape index (κ3) is 2.28. The average molecular weight is 261 g/mol. The van der Waals surface area contributed by atoms with Crippen molar-refractivity contribution in [3.63, 3.8) is 0 Å². The lowest BCUT2D eigenvalue weighted by molar-refractivity contribution is -0.482. The van der Waals surface area contributed by atoms with Crippen LogP contribution in [0.1, 0.15) is 11.5 Å². The van der Waals surface area contributed by atoms with Crippen LogP contribution in [0.5, 0.6) is 11.5 Å². The highest BCUT2D eigenvalue weighted by Gasteiger charge is 2.33. The maximum absolute atomic E-state index is 10.8. The summed E-state index contributed by atoms with van der Waals surface area (Å²) in [6, 6.07) is 6.76. The normalized spacial score (nSPS) is 17.2. The van der Waals surface area contributed by atoms with Crippen LogP contribution in [0, 0.1) is 21.4 Å². The fourth-order valence-corrected chi connectivity index (χ4v) is 1.99. The minimum Gasteiger partial charge on any atom is -0.497 e. The largest absolute Gasteiger partial charge is 0.497 e. The number of hydrogen-bond donors (Lipinski definition) is 1. The molecule has 7 nitrogen and oxygen atoms in total. The molecule has 0 bridgehead atoms. The Kier molecular flexibility index (Phi) is 3.25. The summed E-state index contributed by atoms with van der Waals surface area (Å²) in [5.41, 5.74) is 6.22. The zero-order valence-electron chi connectivity index (χ0n) is 10.1. The molecule has 1 aromatic rings. The monoisotopic (exact) mass is 261 g/mol. The maximum atomic E-state index is 10.8. The Hall–Kier alpha value is -2.75. The molecule has 19 heavy (non-hydrogen) atoms. The van der Waals surface area contributed by atoms with E-state index in [4.69, 9.17) is 20.5 Å². The Balaban J connectivity index is 2.54. The molecule has 0 aliphatic carbocycles. The van der Waals surface area contributed by atoms with Crippen molar-refractivity contribution < 1.29 is 14.4 Å². The van der Waals surface area contributed by atoms with E-state index in [0.29, 0.717) is 17.1 Å². The molecule has 7 heteroatoms. The summed E-state index contributed by atoms with van der Waals surface area (Å²) in [6.07, 6.45) is 0. The van der Waals surface area contributed by atoms with Crippen LogP contribution in [0.25, 0.3) is 0 Å². The molecule has 0 saturated carbocycles. The Morgan fingerprint density at radius 1 is 1.63 bits per heavy atom. The lowest BCUT2D eigenvalue weighted by Gasteiger charge is -2.23.